The van der Waals surface area contributed by atoms with Gasteiger partial charge in [-0.15, -0.1) is 0 Å². The predicted molar refractivity (Wildman–Crippen MR) is 97.3 cm³/mol. The summed E-state index contributed by atoms with van der Waals surface area (Å²) in [4.78, 5) is 20.8. The lowest BCUT2D eigenvalue weighted by atomic mass is 10.1. The molecule has 0 saturated carbocycles. The van der Waals surface area contributed by atoms with Crippen molar-refractivity contribution in [2.45, 2.75) is 19.9 Å². The second kappa shape index (κ2) is 7.76. The van der Waals surface area contributed by atoms with E-state index >= 15 is 0 Å². The van der Waals surface area contributed by atoms with E-state index in [4.69, 9.17) is 10.7 Å². The number of amides is 1. The molecule has 25 heavy (non-hydrogen) atoms. The van der Waals surface area contributed by atoms with E-state index < -0.39 is 5.91 Å². The van der Waals surface area contributed by atoms with Crippen LogP contribution >= 0.6 is 0 Å². The maximum absolute atomic E-state index is 11.2. The summed E-state index contributed by atoms with van der Waals surface area (Å²) < 4.78 is 1.97. The highest BCUT2D eigenvalue weighted by molar-refractivity contribution is 5.93. The molecular weight excluding hydrogens is 316 g/mol. The van der Waals surface area contributed by atoms with Crippen molar-refractivity contribution < 1.29 is 4.79 Å². The molecule has 0 spiro atoms. The molecule has 2 N–H and O–H groups in total. The number of aromatic nitrogens is 3. The first-order valence-corrected chi connectivity index (χ1v) is 8.81. The third-order valence-electron chi connectivity index (χ3n) is 4.72. The molecule has 7 heteroatoms. The van der Waals surface area contributed by atoms with Gasteiger partial charge in [-0.25, -0.2) is 9.67 Å². The molecule has 1 aliphatic rings. The first-order valence-electron chi connectivity index (χ1n) is 8.81. The van der Waals surface area contributed by atoms with Crippen LogP contribution in [0.2, 0.25) is 0 Å². The molecule has 2 aromatic rings. The molecule has 0 aliphatic carbocycles. The number of carbonyl (C=O) groups excluding carboxylic acids is 1. The van der Waals surface area contributed by atoms with Crippen molar-refractivity contribution in [1.29, 1.82) is 0 Å². The summed E-state index contributed by atoms with van der Waals surface area (Å²) in [6.45, 7) is 8.34. The monoisotopic (exact) mass is 342 g/mol. The van der Waals surface area contributed by atoms with Gasteiger partial charge in [0.05, 0.1) is 0 Å². The van der Waals surface area contributed by atoms with Gasteiger partial charge in [-0.05, 0) is 26.1 Å². The molecular formula is C18H26N6O. The lowest BCUT2D eigenvalue weighted by Crippen LogP contribution is -2.45. The number of aryl methyl sites for hydroxylation is 1. The number of nitrogens with two attached hydrogens (primary N) is 1. The van der Waals surface area contributed by atoms with E-state index in [0.717, 1.165) is 57.1 Å². The van der Waals surface area contributed by atoms with Gasteiger partial charge >= 0.3 is 0 Å². The maximum atomic E-state index is 11.2. The normalized spacial score (nSPS) is 16.2. The van der Waals surface area contributed by atoms with Gasteiger partial charge in [0.15, 0.2) is 5.82 Å². The number of hydrogen-bond acceptors (Lipinski definition) is 5. The first-order chi connectivity index (χ1) is 12.1. The number of primary amides is 1. The lowest BCUT2D eigenvalue weighted by Gasteiger charge is -2.32. The van der Waals surface area contributed by atoms with Crippen LogP contribution in [-0.2, 0) is 13.0 Å². The fraction of sp³-hybridized carbons (Fsp3) is 0.500. The molecule has 1 aromatic heterocycles. The van der Waals surface area contributed by atoms with Crippen molar-refractivity contribution in [1.82, 2.24) is 24.6 Å². The molecule has 0 radical (unpaired) electrons. The van der Waals surface area contributed by atoms with Crippen LogP contribution in [0.15, 0.2) is 24.3 Å². The number of rotatable bonds is 6. The van der Waals surface area contributed by atoms with Gasteiger partial charge in [0.1, 0.15) is 5.82 Å². The van der Waals surface area contributed by atoms with Gasteiger partial charge in [0.2, 0.25) is 5.91 Å². The van der Waals surface area contributed by atoms with Crippen molar-refractivity contribution in [3.05, 3.63) is 35.7 Å². The van der Waals surface area contributed by atoms with Crippen molar-refractivity contribution >= 4 is 5.91 Å². The number of nitrogens with zero attached hydrogens (tertiary/aromatic N) is 5. The smallest absolute Gasteiger partial charge is 0.248 e. The summed E-state index contributed by atoms with van der Waals surface area (Å²) in [5, 5.41) is 4.61. The zero-order valence-electron chi connectivity index (χ0n) is 15.0. The summed E-state index contributed by atoms with van der Waals surface area (Å²) in [5.74, 6) is 1.29. The second-order valence-corrected chi connectivity index (χ2v) is 6.50. The van der Waals surface area contributed by atoms with Gasteiger partial charge in [-0.3, -0.25) is 4.79 Å². The van der Waals surface area contributed by atoms with Gasteiger partial charge in [0, 0.05) is 56.8 Å². The van der Waals surface area contributed by atoms with Crippen LogP contribution in [-0.4, -0.2) is 70.2 Å². The summed E-state index contributed by atoms with van der Waals surface area (Å²) in [7, 11) is 2.17. The van der Waals surface area contributed by atoms with Crippen molar-refractivity contribution in [3.8, 4) is 11.4 Å². The van der Waals surface area contributed by atoms with E-state index in [2.05, 4.69) is 28.9 Å². The first kappa shape index (κ1) is 17.6. The van der Waals surface area contributed by atoms with Gasteiger partial charge in [-0.2, -0.15) is 5.10 Å². The molecule has 1 fully saturated rings. The molecule has 134 valence electrons. The molecule has 1 aliphatic heterocycles. The van der Waals surface area contributed by atoms with E-state index in [9.17, 15) is 4.79 Å². The Hall–Kier alpha value is -2.25. The Morgan fingerprint density at radius 3 is 2.44 bits per heavy atom. The molecule has 2 heterocycles. The van der Waals surface area contributed by atoms with Crippen LogP contribution in [0.4, 0.5) is 0 Å². The number of likely N-dealkylation sites (N-methyl/N-ethyl adjacent to an activating group) is 1. The zero-order valence-corrected chi connectivity index (χ0v) is 15.0. The van der Waals surface area contributed by atoms with E-state index in [1.807, 2.05) is 16.8 Å². The Bertz CT molecular complexity index is 716. The maximum Gasteiger partial charge on any atom is 0.248 e. The highest BCUT2D eigenvalue weighted by Gasteiger charge is 2.16. The summed E-state index contributed by atoms with van der Waals surface area (Å²) in [5.41, 5.74) is 6.68. The number of piperazine rings is 1. The third kappa shape index (κ3) is 4.24. The van der Waals surface area contributed by atoms with E-state index in [1.165, 1.54) is 0 Å². The predicted octanol–water partition coefficient (Wildman–Crippen LogP) is 0.854. The Morgan fingerprint density at radius 1 is 1.16 bits per heavy atom. The van der Waals surface area contributed by atoms with Crippen LogP contribution in [0.5, 0.6) is 0 Å². The van der Waals surface area contributed by atoms with Gasteiger partial charge < -0.3 is 15.5 Å². The Kier molecular flexibility index (Phi) is 5.45. The minimum atomic E-state index is -0.425. The fourth-order valence-electron chi connectivity index (χ4n) is 3.05. The average Bonchev–Trinajstić information content (AvgIpc) is 3.04. The number of benzene rings is 1. The molecule has 0 bridgehead atoms. The molecule has 0 unspecified atom stereocenters. The average molecular weight is 342 g/mol. The Morgan fingerprint density at radius 2 is 1.84 bits per heavy atom. The van der Waals surface area contributed by atoms with Gasteiger partial charge in [0.25, 0.3) is 0 Å². The molecule has 0 atom stereocenters. The Labute approximate surface area is 148 Å². The molecule has 1 amide bonds. The molecule has 7 nitrogen and oxygen atoms in total. The quantitative estimate of drug-likeness (QED) is 0.842. The van der Waals surface area contributed by atoms with E-state index in [0.29, 0.717) is 11.4 Å². The highest BCUT2D eigenvalue weighted by atomic mass is 16.1. The summed E-state index contributed by atoms with van der Waals surface area (Å²) in [6.07, 6.45) is 0.893. The van der Waals surface area contributed by atoms with Crippen molar-refractivity contribution in [2.24, 2.45) is 5.73 Å². The lowest BCUT2D eigenvalue weighted by molar-refractivity contribution is 0.100. The Balaban J connectivity index is 1.69. The van der Waals surface area contributed by atoms with Crippen LogP contribution in [0.25, 0.3) is 11.4 Å². The second-order valence-electron chi connectivity index (χ2n) is 6.50. The number of carbonyl (C=O) groups is 1. The molecule has 1 saturated heterocycles. The van der Waals surface area contributed by atoms with Crippen LogP contribution < -0.4 is 5.73 Å². The van der Waals surface area contributed by atoms with Crippen LogP contribution in [0.1, 0.15) is 23.1 Å². The van der Waals surface area contributed by atoms with Gasteiger partial charge in [-0.1, -0.05) is 12.1 Å². The van der Waals surface area contributed by atoms with E-state index in [-0.39, 0.29) is 0 Å². The molecule has 3 rings (SSSR count). The van der Waals surface area contributed by atoms with Crippen LogP contribution in [0.3, 0.4) is 0 Å². The standard InChI is InChI=1S/C18H26N6O/c1-3-24-16(8-9-23-12-10-22(2)11-13-23)20-18(21-24)15-6-4-14(5-7-15)17(19)25/h4-7H,3,8-13H2,1-2H3,(H2,19,25). The summed E-state index contributed by atoms with van der Waals surface area (Å²) >= 11 is 0. The summed E-state index contributed by atoms with van der Waals surface area (Å²) in [6, 6.07) is 7.13. The number of hydrogen-bond donors (Lipinski definition) is 1. The fourth-order valence-corrected chi connectivity index (χ4v) is 3.05. The zero-order chi connectivity index (χ0) is 17.8. The minimum absolute atomic E-state index is 0.425. The topological polar surface area (TPSA) is 80.3 Å². The van der Waals surface area contributed by atoms with Crippen molar-refractivity contribution in [2.75, 3.05) is 39.8 Å². The minimum Gasteiger partial charge on any atom is -0.366 e. The largest absolute Gasteiger partial charge is 0.366 e. The third-order valence-corrected chi connectivity index (χ3v) is 4.72. The van der Waals surface area contributed by atoms with E-state index in [1.54, 1.807) is 12.1 Å². The highest BCUT2D eigenvalue weighted by Crippen LogP contribution is 2.17. The van der Waals surface area contributed by atoms with Crippen molar-refractivity contribution in [3.63, 3.8) is 0 Å². The van der Waals surface area contributed by atoms with Crippen LogP contribution in [0, 0.1) is 0 Å². The SMILES string of the molecule is CCn1nc(-c2ccc(C(N)=O)cc2)nc1CCN1CCN(C)CC1. The molecule has 1 aromatic carbocycles.